The first-order chi connectivity index (χ1) is 11.5. The van der Waals surface area contributed by atoms with Gasteiger partial charge in [-0.2, -0.15) is 0 Å². The molecule has 1 unspecified atom stereocenters. The highest BCUT2D eigenvalue weighted by atomic mass is 32.1. The molecule has 0 saturated carbocycles. The van der Waals surface area contributed by atoms with Gasteiger partial charge in [-0.1, -0.05) is 12.1 Å². The SMILES string of the molecule is CC(=O)c1cc(CC(=O)N2CCCCC2c2ccc(F)cc2)cs1. The van der Waals surface area contributed by atoms with E-state index in [0.29, 0.717) is 11.3 Å². The molecule has 0 bridgehead atoms. The van der Waals surface area contributed by atoms with Crippen LogP contribution in [0.25, 0.3) is 0 Å². The Labute approximate surface area is 145 Å². The molecule has 1 aromatic carbocycles. The lowest BCUT2D eigenvalue weighted by Gasteiger charge is -2.36. The van der Waals surface area contributed by atoms with Crippen molar-refractivity contribution in [2.45, 2.75) is 38.6 Å². The van der Waals surface area contributed by atoms with Crippen LogP contribution in [0.3, 0.4) is 0 Å². The molecule has 0 N–H and O–H groups in total. The Bertz CT molecular complexity index is 738. The van der Waals surface area contributed by atoms with E-state index >= 15 is 0 Å². The average molecular weight is 345 g/mol. The molecule has 3 nitrogen and oxygen atoms in total. The largest absolute Gasteiger partial charge is 0.335 e. The summed E-state index contributed by atoms with van der Waals surface area (Å²) >= 11 is 1.38. The van der Waals surface area contributed by atoms with Crippen molar-refractivity contribution in [1.29, 1.82) is 0 Å². The number of amides is 1. The topological polar surface area (TPSA) is 37.4 Å². The smallest absolute Gasteiger partial charge is 0.227 e. The first-order valence-electron chi connectivity index (χ1n) is 8.18. The molecule has 1 amide bonds. The minimum Gasteiger partial charge on any atom is -0.335 e. The maximum atomic E-state index is 13.2. The lowest BCUT2D eigenvalue weighted by atomic mass is 9.94. The monoisotopic (exact) mass is 345 g/mol. The third-order valence-electron chi connectivity index (χ3n) is 4.43. The molecule has 1 atom stereocenters. The Balaban J connectivity index is 1.75. The van der Waals surface area contributed by atoms with Gasteiger partial charge in [0.15, 0.2) is 5.78 Å². The second-order valence-corrected chi connectivity index (χ2v) is 7.11. The first kappa shape index (κ1) is 16.8. The Kier molecular flexibility index (Phi) is 5.09. The summed E-state index contributed by atoms with van der Waals surface area (Å²) in [5, 5.41) is 1.88. The highest BCUT2D eigenvalue weighted by Crippen LogP contribution is 2.31. The second-order valence-electron chi connectivity index (χ2n) is 6.20. The van der Waals surface area contributed by atoms with E-state index in [1.54, 1.807) is 12.1 Å². The van der Waals surface area contributed by atoms with Crippen LogP contribution in [-0.4, -0.2) is 23.1 Å². The fourth-order valence-electron chi connectivity index (χ4n) is 3.19. The van der Waals surface area contributed by atoms with Crippen molar-refractivity contribution in [3.05, 3.63) is 57.5 Å². The minimum atomic E-state index is -0.262. The predicted molar refractivity (Wildman–Crippen MR) is 92.7 cm³/mol. The predicted octanol–water partition coefficient (Wildman–Crippen LogP) is 4.39. The number of benzene rings is 1. The molecule has 2 aromatic rings. The molecule has 24 heavy (non-hydrogen) atoms. The van der Waals surface area contributed by atoms with Gasteiger partial charge in [-0.25, -0.2) is 4.39 Å². The van der Waals surface area contributed by atoms with E-state index in [4.69, 9.17) is 0 Å². The molecule has 0 aliphatic carbocycles. The van der Waals surface area contributed by atoms with Crippen LogP contribution in [0, 0.1) is 5.82 Å². The number of carbonyl (C=O) groups excluding carboxylic acids is 2. The first-order valence-corrected chi connectivity index (χ1v) is 9.06. The minimum absolute atomic E-state index is 0.0118. The van der Waals surface area contributed by atoms with Crippen LogP contribution in [0.15, 0.2) is 35.7 Å². The average Bonchev–Trinajstić information content (AvgIpc) is 3.04. The van der Waals surface area contributed by atoms with Crippen LogP contribution in [0.5, 0.6) is 0 Å². The van der Waals surface area contributed by atoms with Gasteiger partial charge in [-0.15, -0.1) is 11.3 Å². The quantitative estimate of drug-likeness (QED) is 0.771. The summed E-state index contributed by atoms with van der Waals surface area (Å²) in [4.78, 5) is 26.8. The fraction of sp³-hybridized carbons (Fsp3) is 0.368. The molecule has 3 rings (SSSR count). The van der Waals surface area contributed by atoms with Crippen LogP contribution >= 0.6 is 11.3 Å². The fourth-order valence-corrected chi connectivity index (χ4v) is 4.01. The Morgan fingerprint density at radius 2 is 2.00 bits per heavy atom. The molecule has 2 heterocycles. The van der Waals surface area contributed by atoms with Gasteiger partial charge in [-0.3, -0.25) is 9.59 Å². The molecule has 1 saturated heterocycles. The number of ketones is 1. The summed E-state index contributed by atoms with van der Waals surface area (Å²) in [5.41, 5.74) is 1.87. The van der Waals surface area contributed by atoms with Gasteiger partial charge in [0.1, 0.15) is 5.82 Å². The maximum Gasteiger partial charge on any atom is 0.227 e. The van der Waals surface area contributed by atoms with Crippen molar-refractivity contribution in [3.63, 3.8) is 0 Å². The standard InChI is InChI=1S/C19H20FNO2S/c1-13(22)18-10-14(12-24-18)11-19(23)21-9-3-2-4-17(21)15-5-7-16(20)8-6-15/h5-8,10,12,17H,2-4,9,11H2,1H3. The van der Waals surface area contributed by atoms with E-state index in [2.05, 4.69) is 0 Å². The Morgan fingerprint density at radius 1 is 1.25 bits per heavy atom. The second kappa shape index (κ2) is 7.26. The Hall–Kier alpha value is -2.01. The molecule has 126 valence electrons. The van der Waals surface area contributed by atoms with E-state index in [0.717, 1.165) is 36.9 Å². The molecule has 1 aromatic heterocycles. The number of nitrogens with zero attached hydrogens (tertiary/aromatic N) is 1. The third-order valence-corrected chi connectivity index (χ3v) is 5.51. The molecule has 1 aliphatic rings. The highest BCUT2D eigenvalue weighted by molar-refractivity contribution is 7.12. The van der Waals surface area contributed by atoms with Gasteiger partial charge in [0.2, 0.25) is 5.91 Å². The number of hydrogen-bond donors (Lipinski definition) is 0. The van der Waals surface area contributed by atoms with Crippen molar-refractivity contribution in [1.82, 2.24) is 4.90 Å². The van der Waals surface area contributed by atoms with Crippen LogP contribution in [0.2, 0.25) is 0 Å². The van der Waals surface area contributed by atoms with Gasteiger partial charge in [0, 0.05) is 6.54 Å². The molecule has 1 fully saturated rings. The number of halogens is 1. The zero-order valence-electron chi connectivity index (χ0n) is 13.6. The van der Waals surface area contributed by atoms with E-state index < -0.39 is 0 Å². The number of rotatable bonds is 4. The lowest BCUT2D eigenvalue weighted by Crippen LogP contribution is -2.39. The van der Waals surface area contributed by atoms with Crippen LogP contribution < -0.4 is 0 Å². The summed E-state index contributed by atoms with van der Waals surface area (Å²) in [6.45, 7) is 2.26. The highest BCUT2D eigenvalue weighted by Gasteiger charge is 2.28. The summed E-state index contributed by atoms with van der Waals surface area (Å²) in [6, 6.07) is 8.25. The van der Waals surface area contributed by atoms with Crippen LogP contribution in [-0.2, 0) is 11.2 Å². The molecule has 0 radical (unpaired) electrons. The zero-order valence-corrected chi connectivity index (χ0v) is 14.4. The van der Waals surface area contributed by atoms with Crippen molar-refractivity contribution < 1.29 is 14.0 Å². The number of piperidine rings is 1. The van der Waals surface area contributed by atoms with E-state index in [1.807, 2.05) is 16.3 Å². The number of likely N-dealkylation sites (tertiary alicyclic amines) is 1. The number of hydrogen-bond acceptors (Lipinski definition) is 3. The third kappa shape index (κ3) is 3.73. The van der Waals surface area contributed by atoms with Crippen molar-refractivity contribution in [3.8, 4) is 0 Å². The van der Waals surface area contributed by atoms with Crippen molar-refractivity contribution >= 4 is 23.0 Å². The van der Waals surface area contributed by atoms with Gasteiger partial charge >= 0.3 is 0 Å². The maximum absolute atomic E-state index is 13.2. The molecule has 5 heteroatoms. The molecule has 0 spiro atoms. The lowest BCUT2D eigenvalue weighted by molar-refractivity contribution is -0.134. The summed E-state index contributed by atoms with van der Waals surface area (Å²) in [7, 11) is 0. The van der Waals surface area contributed by atoms with Crippen LogP contribution in [0.4, 0.5) is 4.39 Å². The van der Waals surface area contributed by atoms with E-state index in [1.165, 1.54) is 30.4 Å². The van der Waals surface area contributed by atoms with Crippen LogP contribution in [0.1, 0.15) is 53.0 Å². The molecular formula is C19H20FNO2S. The number of carbonyl (C=O) groups is 2. The normalized spacial score (nSPS) is 17.8. The van der Waals surface area contributed by atoms with Crippen molar-refractivity contribution in [2.75, 3.05) is 6.54 Å². The molecule has 1 aliphatic heterocycles. The summed E-state index contributed by atoms with van der Waals surface area (Å²) in [5.74, 6) is -0.166. The van der Waals surface area contributed by atoms with Gasteiger partial charge in [-0.05, 0) is 60.9 Å². The van der Waals surface area contributed by atoms with Gasteiger partial charge in [0.05, 0.1) is 17.3 Å². The number of Topliss-reactive ketones (excluding diaryl/α,β-unsaturated/α-hetero) is 1. The Morgan fingerprint density at radius 3 is 2.67 bits per heavy atom. The van der Waals surface area contributed by atoms with Crippen molar-refractivity contribution in [2.24, 2.45) is 0 Å². The molecular weight excluding hydrogens is 325 g/mol. The number of thiophene rings is 1. The van der Waals surface area contributed by atoms with E-state index in [-0.39, 0.29) is 23.5 Å². The zero-order chi connectivity index (χ0) is 17.1. The van der Waals surface area contributed by atoms with Gasteiger partial charge < -0.3 is 4.90 Å². The summed E-state index contributed by atoms with van der Waals surface area (Å²) < 4.78 is 13.2. The van der Waals surface area contributed by atoms with E-state index in [9.17, 15) is 14.0 Å². The van der Waals surface area contributed by atoms with Gasteiger partial charge in [0.25, 0.3) is 0 Å². The summed E-state index contributed by atoms with van der Waals surface area (Å²) in [6.07, 6.45) is 3.27.